The van der Waals surface area contributed by atoms with Crippen LogP contribution in [0, 0.1) is 0 Å². The van der Waals surface area contributed by atoms with Crippen LogP contribution in [0.25, 0.3) is 0 Å². The van der Waals surface area contributed by atoms with Crippen LogP contribution in [-0.4, -0.2) is 53.5 Å². The van der Waals surface area contributed by atoms with Crippen LogP contribution in [0.4, 0.5) is 10.5 Å². The Morgan fingerprint density at radius 2 is 1.84 bits per heavy atom. The third-order valence-electron chi connectivity index (χ3n) is 3.06. The van der Waals surface area contributed by atoms with Crippen LogP contribution in [0.3, 0.4) is 0 Å². The minimum atomic E-state index is -0.0545. The van der Waals surface area contributed by atoms with Gasteiger partial charge in [-0.05, 0) is 12.1 Å². The number of carbonyl (C=O) groups excluding carboxylic acids is 1. The molecule has 0 aromatic heterocycles. The second kappa shape index (κ2) is 6.49. The average Bonchev–Trinajstić information content (AvgIpc) is 2.40. The van der Waals surface area contributed by atoms with Crippen molar-refractivity contribution in [1.29, 1.82) is 0 Å². The molecule has 0 aliphatic carbocycles. The molecular formula is C13H18N4OS. The van der Waals surface area contributed by atoms with E-state index in [1.165, 1.54) is 0 Å². The number of nitrogens with one attached hydrogen (secondary N) is 1. The second-order valence-corrected chi connectivity index (χ2v) is 5.05. The molecule has 19 heavy (non-hydrogen) atoms. The molecule has 1 aliphatic rings. The third kappa shape index (κ3) is 4.18. The summed E-state index contributed by atoms with van der Waals surface area (Å²) in [5.74, 6) is 0. The third-order valence-corrected chi connectivity index (χ3v) is 3.19. The smallest absolute Gasteiger partial charge is 0.321 e. The van der Waals surface area contributed by atoms with Crippen LogP contribution in [0.5, 0.6) is 0 Å². The van der Waals surface area contributed by atoms with Crippen molar-refractivity contribution in [2.45, 2.75) is 0 Å². The number of para-hydroxylation sites is 1. The quantitative estimate of drug-likeness (QED) is 0.814. The maximum absolute atomic E-state index is 12.0. The first kappa shape index (κ1) is 13.8. The van der Waals surface area contributed by atoms with E-state index >= 15 is 0 Å². The number of urea groups is 1. The molecule has 0 spiro atoms. The number of benzene rings is 1. The summed E-state index contributed by atoms with van der Waals surface area (Å²) >= 11 is 4.89. The number of piperazine rings is 1. The van der Waals surface area contributed by atoms with Crippen molar-refractivity contribution in [3.05, 3.63) is 30.3 Å². The molecule has 102 valence electrons. The summed E-state index contributed by atoms with van der Waals surface area (Å²) in [5.41, 5.74) is 6.33. The van der Waals surface area contributed by atoms with Gasteiger partial charge >= 0.3 is 6.03 Å². The number of nitrogens with two attached hydrogens (primary N) is 1. The summed E-state index contributed by atoms with van der Waals surface area (Å²) in [6.07, 6.45) is 0. The highest BCUT2D eigenvalue weighted by atomic mass is 32.1. The largest absolute Gasteiger partial charge is 0.392 e. The fourth-order valence-electron chi connectivity index (χ4n) is 2.05. The molecule has 1 saturated heterocycles. The second-order valence-electron chi connectivity index (χ2n) is 4.53. The molecule has 3 N–H and O–H groups in total. The number of hydrogen-bond donors (Lipinski definition) is 2. The number of anilines is 1. The fraction of sp³-hybridized carbons (Fsp3) is 0.385. The van der Waals surface area contributed by atoms with Gasteiger partial charge in [-0.3, -0.25) is 4.90 Å². The predicted octanol–water partition coefficient (Wildman–Crippen LogP) is 1.12. The van der Waals surface area contributed by atoms with Gasteiger partial charge in [0.1, 0.15) is 0 Å². The number of thiocarbonyl (C=S) groups is 1. The van der Waals surface area contributed by atoms with Crippen molar-refractivity contribution in [3.63, 3.8) is 0 Å². The normalized spacial score (nSPS) is 16.1. The Balaban J connectivity index is 1.81. The van der Waals surface area contributed by atoms with Gasteiger partial charge in [0.05, 0.1) is 4.99 Å². The summed E-state index contributed by atoms with van der Waals surface area (Å²) in [6.45, 7) is 3.63. The highest BCUT2D eigenvalue weighted by Gasteiger charge is 2.21. The minimum absolute atomic E-state index is 0.0545. The molecule has 0 radical (unpaired) electrons. The molecular weight excluding hydrogens is 260 g/mol. The lowest BCUT2D eigenvalue weighted by Gasteiger charge is -2.34. The molecule has 1 aliphatic heterocycles. The predicted molar refractivity (Wildman–Crippen MR) is 80.3 cm³/mol. The van der Waals surface area contributed by atoms with E-state index in [-0.39, 0.29) is 6.03 Å². The van der Waals surface area contributed by atoms with E-state index in [9.17, 15) is 4.79 Å². The lowest BCUT2D eigenvalue weighted by molar-refractivity contribution is 0.158. The van der Waals surface area contributed by atoms with Crippen molar-refractivity contribution in [3.8, 4) is 0 Å². The monoisotopic (exact) mass is 278 g/mol. The van der Waals surface area contributed by atoms with Gasteiger partial charge in [-0.15, -0.1) is 0 Å². The van der Waals surface area contributed by atoms with E-state index in [1.807, 2.05) is 35.2 Å². The SMILES string of the molecule is NC(=S)CN1CCN(C(=O)Nc2ccccc2)CC1. The molecule has 2 rings (SSSR count). The van der Waals surface area contributed by atoms with E-state index in [4.69, 9.17) is 18.0 Å². The number of amides is 2. The molecule has 1 fully saturated rings. The van der Waals surface area contributed by atoms with Crippen molar-refractivity contribution in [1.82, 2.24) is 9.80 Å². The number of hydrogen-bond acceptors (Lipinski definition) is 3. The number of nitrogens with zero attached hydrogens (tertiary/aromatic N) is 2. The molecule has 0 saturated carbocycles. The van der Waals surface area contributed by atoms with Crippen LogP contribution in [0.15, 0.2) is 30.3 Å². The summed E-state index contributed by atoms with van der Waals surface area (Å²) in [4.78, 5) is 16.5. The zero-order valence-electron chi connectivity index (χ0n) is 10.7. The molecule has 0 atom stereocenters. The van der Waals surface area contributed by atoms with E-state index in [1.54, 1.807) is 0 Å². The summed E-state index contributed by atoms with van der Waals surface area (Å²) in [7, 11) is 0. The van der Waals surface area contributed by atoms with E-state index in [0.29, 0.717) is 24.6 Å². The maximum Gasteiger partial charge on any atom is 0.321 e. The summed E-state index contributed by atoms with van der Waals surface area (Å²) in [5, 5.41) is 2.89. The molecule has 1 aromatic carbocycles. The fourth-order valence-corrected chi connectivity index (χ4v) is 2.24. The van der Waals surface area contributed by atoms with Crippen molar-refractivity contribution < 1.29 is 4.79 Å². The Bertz CT molecular complexity index is 443. The summed E-state index contributed by atoms with van der Waals surface area (Å²) < 4.78 is 0. The minimum Gasteiger partial charge on any atom is -0.392 e. The Kier molecular flexibility index (Phi) is 4.70. The van der Waals surface area contributed by atoms with Crippen molar-refractivity contribution >= 4 is 28.9 Å². The van der Waals surface area contributed by atoms with E-state index in [2.05, 4.69) is 10.2 Å². The molecule has 6 heteroatoms. The molecule has 1 aromatic rings. The zero-order chi connectivity index (χ0) is 13.7. The zero-order valence-corrected chi connectivity index (χ0v) is 11.5. The molecule has 2 amide bonds. The van der Waals surface area contributed by atoms with Crippen LogP contribution in [0.1, 0.15) is 0 Å². The molecule has 5 nitrogen and oxygen atoms in total. The molecule has 0 unspecified atom stereocenters. The highest BCUT2D eigenvalue weighted by molar-refractivity contribution is 7.80. The van der Waals surface area contributed by atoms with Gasteiger partial charge in [0.25, 0.3) is 0 Å². The standard InChI is InChI=1S/C13H18N4OS/c14-12(19)10-16-6-8-17(9-7-16)13(18)15-11-4-2-1-3-5-11/h1-5H,6-10H2,(H2,14,19)(H,15,18). The van der Waals surface area contributed by atoms with Gasteiger partial charge in [0.2, 0.25) is 0 Å². The van der Waals surface area contributed by atoms with Crippen LogP contribution >= 0.6 is 12.2 Å². The van der Waals surface area contributed by atoms with Crippen molar-refractivity contribution in [2.24, 2.45) is 5.73 Å². The van der Waals surface area contributed by atoms with Crippen LogP contribution in [0.2, 0.25) is 0 Å². The van der Waals surface area contributed by atoms with Gasteiger partial charge in [0, 0.05) is 38.4 Å². The Morgan fingerprint density at radius 3 is 2.42 bits per heavy atom. The van der Waals surface area contributed by atoms with Gasteiger partial charge in [-0.1, -0.05) is 30.4 Å². The number of carbonyl (C=O) groups is 1. The maximum atomic E-state index is 12.0. The average molecular weight is 278 g/mol. The first-order valence-corrected chi connectivity index (χ1v) is 6.67. The lowest BCUT2D eigenvalue weighted by Crippen LogP contribution is -2.51. The van der Waals surface area contributed by atoms with E-state index < -0.39 is 0 Å². The number of rotatable bonds is 3. The first-order valence-electron chi connectivity index (χ1n) is 6.27. The van der Waals surface area contributed by atoms with Gasteiger partial charge in [-0.2, -0.15) is 0 Å². The van der Waals surface area contributed by atoms with E-state index in [0.717, 1.165) is 18.8 Å². The molecule has 1 heterocycles. The van der Waals surface area contributed by atoms with Gasteiger partial charge < -0.3 is 16.0 Å². The lowest BCUT2D eigenvalue weighted by atomic mass is 10.3. The van der Waals surface area contributed by atoms with Crippen LogP contribution < -0.4 is 11.1 Å². The Hall–Kier alpha value is -1.66. The highest BCUT2D eigenvalue weighted by Crippen LogP contribution is 2.08. The van der Waals surface area contributed by atoms with Crippen LogP contribution in [-0.2, 0) is 0 Å². The van der Waals surface area contributed by atoms with Gasteiger partial charge in [0.15, 0.2) is 0 Å². The molecule has 0 bridgehead atoms. The summed E-state index contributed by atoms with van der Waals surface area (Å²) in [6, 6.07) is 9.42. The Labute approximate surface area is 118 Å². The topological polar surface area (TPSA) is 61.6 Å². The first-order chi connectivity index (χ1) is 9.15. The Morgan fingerprint density at radius 1 is 1.21 bits per heavy atom. The van der Waals surface area contributed by atoms with Gasteiger partial charge in [-0.25, -0.2) is 4.79 Å². The van der Waals surface area contributed by atoms with Crippen molar-refractivity contribution in [2.75, 3.05) is 38.0 Å².